The van der Waals surface area contributed by atoms with E-state index in [2.05, 4.69) is 5.73 Å². The highest BCUT2D eigenvalue weighted by atomic mass is 35.5. The maximum atomic E-state index is 11.5. The van der Waals surface area contributed by atoms with Gasteiger partial charge in [0.05, 0.1) is 12.0 Å². The van der Waals surface area contributed by atoms with Crippen LogP contribution in [-0.4, -0.2) is 11.7 Å². The van der Waals surface area contributed by atoms with Gasteiger partial charge < -0.3 is 18.1 Å². The first-order valence-electron chi connectivity index (χ1n) is 2.63. The summed E-state index contributed by atoms with van der Waals surface area (Å²) in [5, 5.41) is 0. The van der Waals surface area contributed by atoms with Crippen molar-refractivity contribution in [3.63, 3.8) is 0 Å². The summed E-state index contributed by atoms with van der Waals surface area (Å²) in [5.74, 6) is 0. The molecule has 0 atom stereocenters. The Morgan fingerprint density at radius 3 is 1.50 bits per heavy atom. The lowest BCUT2D eigenvalue weighted by atomic mass is 10.0. The third kappa shape index (κ3) is 10.9. The van der Waals surface area contributed by atoms with Gasteiger partial charge in [-0.2, -0.15) is 13.2 Å². The first kappa shape index (κ1) is 12.7. The SMILES string of the molecule is CC(C)([NH3+])CC(F)(F)F.[Cl-]. The quantitative estimate of drug-likeness (QED) is 0.478. The molecule has 0 bridgehead atoms. The molecule has 0 saturated heterocycles. The molecule has 0 aliphatic carbocycles. The number of halogens is 4. The standard InChI is InChI=1S/C5H10F3N.ClH/c1-4(2,9)3-5(6,7)8;/h3,9H2,1-2H3;1H. The molecule has 0 aromatic rings. The molecule has 0 rings (SSSR count). The Balaban J connectivity index is 0. The van der Waals surface area contributed by atoms with Crippen LogP contribution in [-0.2, 0) is 0 Å². The average Bonchev–Trinajstić information content (AvgIpc) is 1.14. The zero-order chi connectivity index (χ0) is 7.71. The van der Waals surface area contributed by atoms with Crippen molar-refractivity contribution in [1.29, 1.82) is 0 Å². The minimum absolute atomic E-state index is 0. The van der Waals surface area contributed by atoms with E-state index in [1.807, 2.05) is 0 Å². The summed E-state index contributed by atoms with van der Waals surface area (Å²) < 4.78 is 34.5. The van der Waals surface area contributed by atoms with Crippen molar-refractivity contribution in [1.82, 2.24) is 0 Å². The maximum Gasteiger partial charge on any atom is 0.395 e. The van der Waals surface area contributed by atoms with Gasteiger partial charge in [-0.25, -0.2) is 0 Å². The third-order valence-corrected chi connectivity index (χ3v) is 0.679. The van der Waals surface area contributed by atoms with Gasteiger partial charge in [0.1, 0.15) is 0 Å². The van der Waals surface area contributed by atoms with Crippen molar-refractivity contribution in [3.05, 3.63) is 0 Å². The molecular weight excluding hydrogens is 167 g/mol. The van der Waals surface area contributed by atoms with Crippen molar-refractivity contribution >= 4 is 0 Å². The second-order valence-electron chi connectivity index (χ2n) is 2.96. The van der Waals surface area contributed by atoms with Gasteiger partial charge in [0, 0.05) is 0 Å². The molecule has 0 fully saturated rings. The van der Waals surface area contributed by atoms with Gasteiger partial charge in [-0.05, 0) is 13.8 Å². The van der Waals surface area contributed by atoms with Crippen LogP contribution in [0.2, 0.25) is 0 Å². The van der Waals surface area contributed by atoms with E-state index in [0.717, 1.165) is 0 Å². The predicted octanol–water partition coefficient (Wildman–Crippen LogP) is -2.04. The van der Waals surface area contributed by atoms with E-state index in [4.69, 9.17) is 0 Å². The van der Waals surface area contributed by atoms with E-state index in [0.29, 0.717) is 0 Å². The normalized spacial score (nSPS) is 12.6. The van der Waals surface area contributed by atoms with E-state index in [1.54, 1.807) is 0 Å². The van der Waals surface area contributed by atoms with Crippen molar-refractivity contribution in [2.24, 2.45) is 0 Å². The van der Waals surface area contributed by atoms with Gasteiger partial charge in [-0.3, -0.25) is 0 Å². The van der Waals surface area contributed by atoms with Crippen LogP contribution in [0.4, 0.5) is 13.2 Å². The van der Waals surface area contributed by atoms with Gasteiger partial charge in [0.2, 0.25) is 0 Å². The fourth-order valence-electron chi connectivity index (χ4n) is 0.543. The van der Waals surface area contributed by atoms with Crippen LogP contribution >= 0.6 is 0 Å². The van der Waals surface area contributed by atoms with E-state index >= 15 is 0 Å². The molecule has 10 heavy (non-hydrogen) atoms. The Labute approximate surface area is 64.2 Å². The average molecular weight is 178 g/mol. The van der Waals surface area contributed by atoms with Crippen LogP contribution in [0.5, 0.6) is 0 Å². The summed E-state index contributed by atoms with van der Waals surface area (Å²) in [6, 6.07) is 0. The highest BCUT2D eigenvalue weighted by Crippen LogP contribution is 2.24. The summed E-state index contributed by atoms with van der Waals surface area (Å²) in [5.41, 5.74) is 2.45. The van der Waals surface area contributed by atoms with Crippen LogP contribution < -0.4 is 18.1 Å². The van der Waals surface area contributed by atoms with Crippen LogP contribution in [0.1, 0.15) is 20.3 Å². The number of hydrogen-bond acceptors (Lipinski definition) is 0. The fourth-order valence-corrected chi connectivity index (χ4v) is 0.543. The van der Waals surface area contributed by atoms with Gasteiger partial charge in [0.15, 0.2) is 0 Å². The van der Waals surface area contributed by atoms with Crippen LogP contribution in [0.15, 0.2) is 0 Å². The molecule has 0 amide bonds. The molecule has 0 aliphatic heterocycles. The summed E-state index contributed by atoms with van der Waals surface area (Å²) >= 11 is 0. The van der Waals surface area contributed by atoms with Gasteiger partial charge in [-0.15, -0.1) is 0 Å². The Hall–Kier alpha value is 0.0400. The second kappa shape index (κ2) is 3.44. The lowest BCUT2D eigenvalue weighted by molar-refractivity contribution is -0.477. The van der Waals surface area contributed by atoms with Crippen molar-refractivity contribution in [2.75, 3.05) is 0 Å². The number of hydrogen-bond donors (Lipinski definition) is 1. The molecule has 0 aliphatic rings. The molecule has 0 spiro atoms. The molecule has 0 aromatic heterocycles. The Bertz CT molecular complexity index is 82.0. The molecule has 0 radical (unpaired) electrons. The van der Waals surface area contributed by atoms with Crippen molar-refractivity contribution in [2.45, 2.75) is 32.0 Å². The summed E-state index contributed by atoms with van der Waals surface area (Å²) in [4.78, 5) is 0. The van der Waals surface area contributed by atoms with Gasteiger partial charge in [-0.1, -0.05) is 0 Å². The zero-order valence-electron chi connectivity index (χ0n) is 5.93. The number of rotatable bonds is 1. The largest absolute Gasteiger partial charge is 1.00 e. The monoisotopic (exact) mass is 177 g/mol. The summed E-state index contributed by atoms with van der Waals surface area (Å²) in [7, 11) is 0. The minimum atomic E-state index is -4.08. The molecule has 1 nitrogen and oxygen atoms in total. The molecule has 64 valence electrons. The molecular formula is C5H11ClF3N. The Kier molecular flexibility index (Phi) is 4.36. The Morgan fingerprint density at radius 2 is 1.50 bits per heavy atom. The highest BCUT2D eigenvalue weighted by Gasteiger charge is 2.36. The third-order valence-electron chi connectivity index (χ3n) is 0.679. The van der Waals surface area contributed by atoms with E-state index in [9.17, 15) is 13.2 Å². The molecule has 0 unspecified atom stereocenters. The van der Waals surface area contributed by atoms with Crippen LogP contribution in [0.3, 0.4) is 0 Å². The Morgan fingerprint density at radius 1 is 1.20 bits per heavy atom. The maximum absolute atomic E-state index is 11.5. The minimum Gasteiger partial charge on any atom is -1.00 e. The smallest absolute Gasteiger partial charge is 0.395 e. The molecule has 0 aromatic carbocycles. The molecule has 0 saturated carbocycles. The van der Waals surface area contributed by atoms with Crippen LogP contribution in [0, 0.1) is 0 Å². The van der Waals surface area contributed by atoms with E-state index in [1.165, 1.54) is 13.8 Å². The molecule has 3 N–H and O–H groups in total. The van der Waals surface area contributed by atoms with E-state index in [-0.39, 0.29) is 12.4 Å². The lowest BCUT2D eigenvalue weighted by Gasteiger charge is -2.16. The fraction of sp³-hybridized carbons (Fsp3) is 1.00. The molecule has 0 heterocycles. The van der Waals surface area contributed by atoms with Crippen molar-refractivity contribution < 1.29 is 31.3 Å². The van der Waals surface area contributed by atoms with Gasteiger partial charge >= 0.3 is 6.18 Å². The van der Waals surface area contributed by atoms with Gasteiger partial charge in [0.25, 0.3) is 0 Å². The highest BCUT2D eigenvalue weighted by molar-refractivity contribution is 4.67. The number of quaternary nitrogens is 1. The van der Waals surface area contributed by atoms with Crippen molar-refractivity contribution in [3.8, 4) is 0 Å². The predicted molar refractivity (Wildman–Crippen MR) is 27.6 cm³/mol. The van der Waals surface area contributed by atoms with Crippen LogP contribution in [0.25, 0.3) is 0 Å². The topological polar surface area (TPSA) is 27.6 Å². The lowest BCUT2D eigenvalue weighted by Crippen LogP contribution is -3.00. The summed E-state index contributed by atoms with van der Waals surface area (Å²) in [6.45, 7) is 2.92. The second-order valence-corrected chi connectivity index (χ2v) is 2.96. The first-order chi connectivity index (χ1) is 3.71. The zero-order valence-corrected chi connectivity index (χ0v) is 6.68. The summed E-state index contributed by atoms with van der Waals surface area (Å²) in [6.07, 6.45) is -4.90. The number of alkyl halides is 3. The first-order valence-corrected chi connectivity index (χ1v) is 2.63. The van der Waals surface area contributed by atoms with E-state index < -0.39 is 18.1 Å². The molecule has 5 heteroatoms.